The van der Waals surface area contributed by atoms with E-state index in [0.29, 0.717) is 23.6 Å². The molecule has 0 fully saturated rings. The molecule has 1 aliphatic heterocycles. The quantitative estimate of drug-likeness (QED) is 0.822. The smallest absolute Gasteiger partial charge is 0.370 e. The minimum absolute atomic E-state index is 0.446. The fourth-order valence-corrected chi connectivity index (χ4v) is 2.31. The van der Waals surface area contributed by atoms with Crippen LogP contribution in [0.2, 0.25) is 0 Å². The van der Waals surface area contributed by atoms with Crippen molar-refractivity contribution in [3.63, 3.8) is 0 Å². The summed E-state index contributed by atoms with van der Waals surface area (Å²) in [7, 11) is 0. The standard InChI is InChI=1S/C16H20F3N3/c1-10-14(21-8-7-15(10,3)20)22-11(2)12-5-4-6-13(9-12)16(17,18)19/h4-6,9,21H,7-8,20H2,1-3H3/t15-/m1/s1. The Morgan fingerprint density at radius 1 is 1.36 bits per heavy atom. The topological polar surface area (TPSA) is 50.4 Å². The monoisotopic (exact) mass is 311 g/mol. The van der Waals surface area contributed by atoms with Gasteiger partial charge in [0.2, 0.25) is 0 Å². The predicted molar refractivity (Wildman–Crippen MR) is 81.6 cm³/mol. The van der Waals surface area contributed by atoms with Crippen molar-refractivity contribution in [2.45, 2.75) is 38.9 Å². The van der Waals surface area contributed by atoms with Gasteiger partial charge in [-0.2, -0.15) is 13.2 Å². The van der Waals surface area contributed by atoms with Crippen molar-refractivity contribution in [2.24, 2.45) is 10.7 Å². The second kappa shape index (κ2) is 5.76. The normalized spacial score (nSPS) is 23.5. The van der Waals surface area contributed by atoms with Crippen LogP contribution < -0.4 is 11.1 Å². The molecule has 2 rings (SSSR count). The molecule has 3 nitrogen and oxygen atoms in total. The van der Waals surface area contributed by atoms with E-state index in [2.05, 4.69) is 10.3 Å². The Bertz CT molecular complexity index is 628. The second-order valence-electron chi connectivity index (χ2n) is 5.84. The van der Waals surface area contributed by atoms with Gasteiger partial charge in [-0.15, -0.1) is 0 Å². The molecule has 22 heavy (non-hydrogen) atoms. The van der Waals surface area contributed by atoms with Crippen LogP contribution in [0.5, 0.6) is 0 Å². The molecule has 1 heterocycles. The van der Waals surface area contributed by atoms with E-state index in [9.17, 15) is 13.2 Å². The number of aliphatic imine (C=N–C) groups is 1. The van der Waals surface area contributed by atoms with Crippen molar-refractivity contribution in [3.05, 3.63) is 46.8 Å². The third-order valence-corrected chi connectivity index (χ3v) is 4.04. The zero-order chi connectivity index (χ0) is 16.5. The first-order valence-electron chi connectivity index (χ1n) is 7.08. The SMILES string of the molecule is CC(=NC1=C(C)[C@](C)(N)CCN1)c1cccc(C(F)(F)F)c1. The molecule has 0 spiro atoms. The number of halogens is 3. The maximum atomic E-state index is 12.8. The minimum atomic E-state index is -4.36. The zero-order valence-electron chi connectivity index (χ0n) is 12.9. The molecule has 0 aromatic heterocycles. The highest BCUT2D eigenvalue weighted by Gasteiger charge is 2.31. The van der Waals surface area contributed by atoms with Gasteiger partial charge in [-0.05, 0) is 50.5 Å². The van der Waals surface area contributed by atoms with Crippen LogP contribution in [0.3, 0.4) is 0 Å². The van der Waals surface area contributed by atoms with Crippen LogP contribution in [-0.2, 0) is 6.18 Å². The molecule has 3 N–H and O–H groups in total. The van der Waals surface area contributed by atoms with Gasteiger partial charge in [-0.1, -0.05) is 12.1 Å². The highest BCUT2D eigenvalue weighted by Crippen LogP contribution is 2.30. The Morgan fingerprint density at radius 2 is 2.05 bits per heavy atom. The molecule has 1 atom stereocenters. The van der Waals surface area contributed by atoms with Gasteiger partial charge < -0.3 is 11.1 Å². The molecule has 6 heteroatoms. The van der Waals surface area contributed by atoms with Crippen molar-refractivity contribution in [3.8, 4) is 0 Å². The second-order valence-corrected chi connectivity index (χ2v) is 5.84. The Morgan fingerprint density at radius 3 is 2.68 bits per heavy atom. The molecule has 1 aromatic carbocycles. The lowest BCUT2D eigenvalue weighted by atomic mass is 9.88. The predicted octanol–water partition coefficient (Wildman–Crippen LogP) is 3.46. The Hall–Kier alpha value is -1.82. The number of hydrogen-bond acceptors (Lipinski definition) is 3. The van der Waals surface area contributed by atoms with E-state index in [1.807, 2.05) is 13.8 Å². The first-order chi connectivity index (χ1) is 10.1. The molecule has 0 unspecified atom stereocenters. The molecular formula is C16H20F3N3. The van der Waals surface area contributed by atoms with Gasteiger partial charge in [0.05, 0.1) is 5.56 Å². The van der Waals surface area contributed by atoms with E-state index >= 15 is 0 Å². The lowest BCUT2D eigenvalue weighted by molar-refractivity contribution is -0.137. The maximum absolute atomic E-state index is 12.8. The van der Waals surface area contributed by atoms with E-state index in [-0.39, 0.29) is 0 Å². The number of nitrogens with one attached hydrogen (secondary N) is 1. The highest BCUT2D eigenvalue weighted by atomic mass is 19.4. The summed E-state index contributed by atoms with van der Waals surface area (Å²) >= 11 is 0. The molecule has 1 aliphatic rings. The van der Waals surface area contributed by atoms with Crippen LogP contribution in [0.1, 0.15) is 38.3 Å². The van der Waals surface area contributed by atoms with E-state index in [1.165, 1.54) is 6.07 Å². The molecule has 120 valence electrons. The summed E-state index contributed by atoms with van der Waals surface area (Å²) in [5, 5.41) is 3.16. The van der Waals surface area contributed by atoms with Gasteiger partial charge in [0.1, 0.15) is 5.82 Å². The van der Waals surface area contributed by atoms with Crippen LogP contribution in [0.25, 0.3) is 0 Å². The molecular weight excluding hydrogens is 291 g/mol. The van der Waals surface area contributed by atoms with Crippen LogP contribution in [0.4, 0.5) is 13.2 Å². The van der Waals surface area contributed by atoms with E-state index < -0.39 is 17.3 Å². The molecule has 0 saturated carbocycles. The largest absolute Gasteiger partial charge is 0.416 e. The molecule has 0 radical (unpaired) electrons. The number of benzene rings is 1. The first-order valence-corrected chi connectivity index (χ1v) is 7.08. The van der Waals surface area contributed by atoms with Crippen LogP contribution >= 0.6 is 0 Å². The fourth-order valence-electron chi connectivity index (χ4n) is 2.31. The summed E-state index contributed by atoms with van der Waals surface area (Å²) < 4.78 is 38.3. The molecule has 1 aromatic rings. The maximum Gasteiger partial charge on any atom is 0.416 e. The first kappa shape index (κ1) is 16.5. The zero-order valence-corrected chi connectivity index (χ0v) is 12.9. The Kier molecular flexibility index (Phi) is 4.33. The lowest BCUT2D eigenvalue weighted by Gasteiger charge is -2.32. The Balaban J connectivity index is 2.38. The van der Waals surface area contributed by atoms with Gasteiger partial charge in [0.25, 0.3) is 0 Å². The van der Waals surface area contributed by atoms with Crippen molar-refractivity contribution < 1.29 is 13.2 Å². The fraction of sp³-hybridized carbons (Fsp3) is 0.438. The van der Waals surface area contributed by atoms with Gasteiger partial charge in [0.15, 0.2) is 0 Å². The van der Waals surface area contributed by atoms with Crippen molar-refractivity contribution >= 4 is 5.71 Å². The van der Waals surface area contributed by atoms with Gasteiger partial charge in [-0.3, -0.25) is 0 Å². The van der Waals surface area contributed by atoms with Gasteiger partial charge >= 0.3 is 6.18 Å². The number of rotatable bonds is 2. The minimum Gasteiger partial charge on any atom is -0.370 e. The van der Waals surface area contributed by atoms with Crippen LogP contribution in [0.15, 0.2) is 40.7 Å². The van der Waals surface area contributed by atoms with Crippen LogP contribution in [0, 0.1) is 0 Å². The summed E-state index contributed by atoms with van der Waals surface area (Å²) in [4.78, 5) is 4.44. The van der Waals surface area contributed by atoms with E-state index in [1.54, 1.807) is 13.0 Å². The number of nitrogens with two attached hydrogens (primary N) is 1. The van der Waals surface area contributed by atoms with Crippen molar-refractivity contribution in [1.29, 1.82) is 0 Å². The number of alkyl halides is 3. The average molecular weight is 311 g/mol. The average Bonchev–Trinajstić information content (AvgIpc) is 2.43. The summed E-state index contributed by atoms with van der Waals surface area (Å²) in [6, 6.07) is 5.17. The van der Waals surface area contributed by atoms with Crippen LogP contribution in [-0.4, -0.2) is 17.8 Å². The van der Waals surface area contributed by atoms with Gasteiger partial charge in [-0.25, -0.2) is 4.99 Å². The summed E-state index contributed by atoms with van der Waals surface area (Å²) in [6.07, 6.45) is -3.56. The number of hydrogen-bond donors (Lipinski definition) is 2. The van der Waals surface area contributed by atoms with Crippen molar-refractivity contribution in [2.75, 3.05) is 6.54 Å². The summed E-state index contributed by atoms with van der Waals surface area (Å²) in [5.41, 5.74) is 6.94. The highest BCUT2D eigenvalue weighted by molar-refractivity contribution is 5.99. The molecule has 0 saturated heterocycles. The molecule has 0 amide bonds. The number of nitrogens with zero attached hydrogens (tertiary/aromatic N) is 1. The third-order valence-electron chi connectivity index (χ3n) is 4.04. The van der Waals surface area contributed by atoms with Gasteiger partial charge in [0, 0.05) is 17.8 Å². The lowest BCUT2D eigenvalue weighted by Crippen LogP contribution is -2.45. The Labute approximate surface area is 128 Å². The van der Waals surface area contributed by atoms with E-state index in [4.69, 9.17) is 5.73 Å². The van der Waals surface area contributed by atoms with E-state index in [0.717, 1.165) is 24.1 Å². The summed E-state index contributed by atoms with van der Waals surface area (Å²) in [6.45, 7) is 6.21. The molecule has 0 aliphatic carbocycles. The van der Waals surface area contributed by atoms with Crippen molar-refractivity contribution in [1.82, 2.24) is 5.32 Å². The molecule has 0 bridgehead atoms. The third kappa shape index (κ3) is 3.50. The summed E-state index contributed by atoms with van der Waals surface area (Å²) in [5.74, 6) is 0.645.